The first-order valence-corrected chi connectivity index (χ1v) is 35.7. The molecular weight excluding hydrogens is 1520 g/mol. The van der Waals surface area contributed by atoms with Crippen LogP contribution in [0.3, 0.4) is 0 Å². The number of hydrazone groups is 1. The predicted molar refractivity (Wildman–Crippen MR) is 366 cm³/mol. The van der Waals surface area contributed by atoms with Crippen molar-refractivity contribution in [1.29, 1.82) is 0 Å². The predicted octanol–water partition coefficient (Wildman–Crippen LogP) is 8.50. The van der Waals surface area contributed by atoms with E-state index in [1.807, 2.05) is 48.2 Å². The van der Waals surface area contributed by atoms with E-state index in [-0.39, 0.29) is 107 Å². The fourth-order valence-corrected chi connectivity index (χ4v) is 13.6. The van der Waals surface area contributed by atoms with E-state index in [4.69, 9.17) is 42.3 Å². The van der Waals surface area contributed by atoms with E-state index < -0.39 is 87.8 Å². The Kier molecular flexibility index (Phi) is 33.4. The smallest absolute Gasteiger partial charge is 0.511 e. The summed E-state index contributed by atoms with van der Waals surface area (Å²) >= 11 is 15.9. The van der Waals surface area contributed by atoms with Crippen molar-refractivity contribution in [2.24, 2.45) is 23.2 Å². The number of alkyl halides is 3. The molecule has 7 rings (SSSR count). The van der Waals surface area contributed by atoms with Crippen LogP contribution in [0.15, 0.2) is 90.8 Å². The number of benzene rings is 3. The van der Waals surface area contributed by atoms with Crippen LogP contribution in [-0.4, -0.2) is 150 Å². The van der Waals surface area contributed by atoms with Crippen LogP contribution in [0.2, 0.25) is 10.0 Å². The first-order valence-electron chi connectivity index (χ1n) is 29.4. The number of nitrogens with zero attached hydrogens (tertiary/aromatic N) is 8. The number of halogens is 6. The Bertz CT molecular complexity index is 4140. The summed E-state index contributed by atoms with van der Waals surface area (Å²) in [6.07, 6.45) is -0.450. The molecule has 0 bridgehead atoms. The first kappa shape index (κ1) is 85.6. The number of carbonyl (C=O) groups is 6. The Balaban J connectivity index is 0.000000340. The summed E-state index contributed by atoms with van der Waals surface area (Å²) < 4.78 is 111. The number of esters is 3. The van der Waals surface area contributed by atoms with Crippen LogP contribution in [-0.2, 0) is 66.5 Å². The summed E-state index contributed by atoms with van der Waals surface area (Å²) in [7, 11) is -4.85. The van der Waals surface area contributed by atoms with Gasteiger partial charge in [0.05, 0.1) is 70.3 Å². The third kappa shape index (κ3) is 23.5. The molecule has 0 spiro atoms. The van der Waals surface area contributed by atoms with Crippen LogP contribution < -0.4 is 50.2 Å². The second-order valence-corrected chi connectivity index (χ2v) is 28.5. The van der Waals surface area contributed by atoms with Gasteiger partial charge >= 0.3 is 59.7 Å². The number of aryl methyl sites for hydroxylation is 3. The number of urea groups is 1. The van der Waals surface area contributed by atoms with Gasteiger partial charge in [0.25, 0.3) is 5.56 Å². The summed E-state index contributed by atoms with van der Waals surface area (Å²) in [6, 6.07) is 9.27. The van der Waals surface area contributed by atoms with Gasteiger partial charge in [-0.15, -0.1) is 0 Å². The number of H-pyrrole nitrogens is 1. The number of ether oxygens (including phenoxy) is 4. The van der Waals surface area contributed by atoms with Crippen molar-refractivity contribution in [2.75, 3.05) is 56.4 Å². The molecule has 98 heavy (non-hydrogen) atoms. The number of rotatable bonds is 22. The van der Waals surface area contributed by atoms with Gasteiger partial charge in [-0.3, -0.25) is 29.0 Å². The Morgan fingerprint density at radius 3 is 2.10 bits per heavy atom. The van der Waals surface area contributed by atoms with Crippen LogP contribution in [0.5, 0.6) is 6.01 Å². The molecule has 2 aromatic heterocycles. The van der Waals surface area contributed by atoms with Gasteiger partial charge in [-0.05, 0) is 143 Å². The third-order valence-electron chi connectivity index (χ3n) is 13.7. The molecule has 37 heteroatoms. The number of Topliss-reactive ketones (excluding diaryl/α,β-unsaturated/α-hetero) is 1. The topological polar surface area (TPSA) is 368 Å². The number of methoxy groups -OCH3 is 2. The fraction of sp³-hybridized carbons (Fsp3) is 0.443. The standard InChI is InChI=1S/C17H29NO3S.C16H18Cl2N2O4.C14H13F3N2O4S.C14H14IN5O6S.Na/c1-5-8-14(18-21-6-2)17-15(19)10-13(11-16(17)20)9-12(4)22-7-3;1-4-23-14(21)12-9-16(3,15(22)24-5-2)20(19-12)13-7-6-10(17)8-11(13)18;1-7-11(13(21)19(2)18-7)12(20)9-5-4-8(14(15,16)17)6-10(9)24(3,22)23;1-7-16-12(19-14(17-7)26-3)18-13(22)20-27(23,24)10-6-8(15)4-5-9(10)11(21)25-2;/h12-13,19H,5-11H2,1-4H3;6-8H,4-5,9H2,1-3H3;4-6,18H,1-3H3;4-6H,1-3H3,(H2,16,17,18,19,20,22);/q;;;;+1/p-1/b18-14+;;;;. The first-order chi connectivity index (χ1) is 45.3. The maximum atomic E-state index is 12.8. The number of aliphatic hydroxyl groups excluding tert-OH is 1. The van der Waals surface area contributed by atoms with Crippen molar-refractivity contribution in [3.8, 4) is 6.01 Å². The van der Waals surface area contributed by atoms with Gasteiger partial charge < -0.3 is 38.9 Å². The second kappa shape index (κ2) is 38.2. The number of hydrogen-bond donors (Lipinski definition) is 3. The van der Waals surface area contributed by atoms with Gasteiger partial charge in [-0.1, -0.05) is 55.5 Å². The molecule has 2 amide bonds. The van der Waals surface area contributed by atoms with Crippen molar-refractivity contribution < 1.29 is 117 Å². The Morgan fingerprint density at radius 1 is 0.908 bits per heavy atom. The number of aliphatic hydroxyl groups is 1. The molecule has 530 valence electrons. The molecule has 0 fully saturated rings. The quantitative estimate of drug-likeness (QED) is 0.0111. The van der Waals surface area contributed by atoms with E-state index in [1.165, 1.54) is 51.2 Å². The number of hydrogen-bond acceptors (Lipinski definition) is 24. The number of sulfonamides is 1. The number of ketones is 2. The minimum Gasteiger partial charge on any atom is -0.511 e. The van der Waals surface area contributed by atoms with Crippen LogP contribution in [0, 0.1) is 23.3 Å². The Labute approximate surface area is 614 Å². The maximum absolute atomic E-state index is 12.8. The van der Waals surface area contributed by atoms with Gasteiger partial charge in [0.15, 0.2) is 33.1 Å². The zero-order valence-corrected chi connectivity index (χ0v) is 64.1. The molecule has 0 radical (unpaired) electrons. The summed E-state index contributed by atoms with van der Waals surface area (Å²) in [4.78, 5) is 101. The second-order valence-electron chi connectivity index (χ2n) is 21.2. The van der Waals surface area contributed by atoms with Gasteiger partial charge in [0.1, 0.15) is 29.5 Å². The number of amides is 2. The molecule has 1 aliphatic heterocycles. The molecule has 3 aromatic carbocycles. The summed E-state index contributed by atoms with van der Waals surface area (Å²) in [5, 5.41) is 26.1. The number of oxime groups is 1. The SMILES string of the molecule is CCC/C(=N\OCC)C1=C(O)CC(CC(C)SCC)CC1=O.CCOC(=O)C1=NN(c2ccc(Cl)cc2Cl)C(C)(C(=O)OCC)C1.COC(=O)c1ccc(I)cc1S(=O)(=O)[N-]C(=O)Nc1nc(C)nc(OC)n1.Cc1[nH]n(C)c(=O)c1C(=O)c1ccc(C(F)(F)F)cc1S(C)(=O)=O.[Na+]. The van der Waals surface area contributed by atoms with Gasteiger partial charge in [-0.2, -0.15) is 40.0 Å². The number of nitrogens with one attached hydrogen (secondary N) is 2. The van der Waals surface area contributed by atoms with Gasteiger partial charge in [0.2, 0.25) is 15.8 Å². The molecule has 3 N–H and O–H groups in total. The van der Waals surface area contributed by atoms with E-state index in [0.29, 0.717) is 80.1 Å². The third-order valence-corrected chi connectivity index (χ3v) is 18.4. The largest absolute Gasteiger partial charge is 1.00 e. The fourth-order valence-electron chi connectivity index (χ4n) is 9.45. The van der Waals surface area contributed by atoms with Crippen molar-refractivity contribution in [3.63, 3.8) is 0 Å². The minimum atomic E-state index is -4.76. The molecule has 0 saturated heterocycles. The van der Waals surface area contributed by atoms with E-state index in [1.54, 1.807) is 39.0 Å². The zero-order chi connectivity index (χ0) is 73.1. The van der Waals surface area contributed by atoms with Crippen molar-refractivity contribution in [1.82, 2.24) is 24.7 Å². The van der Waals surface area contributed by atoms with Crippen LogP contribution in [0.1, 0.15) is 130 Å². The summed E-state index contributed by atoms with van der Waals surface area (Å²) in [5.41, 5.74) is -2.35. The molecule has 0 saturated carbocycles. The molecule has 1 aliphatic carbocycles. The molecule has 2 aliphatic rings. The normalized spacial score (nSPS) is 15.6. The molecule has 3 unspecified atom stereocenters. The van der Waals surface area contributed by atoms with Crippen LogP contribution in [0.25, 0.3) is 4.72 Å². The monoisotopic (exact) mass is 1590 g/mol. The summed E-state index contributed by atoms with van der Waals surface area (Å²) in [6.45, 7) is 17.1. The van der Waals surface area contributed by atoms with E-state index in [2.05, 4.69) is 58.9 Å². The molecule has 5 aromatic rings. The average Bonchev–Trinajstić information content (AvgIpc) is 1.58. The number of thioether (sulfide) groups is 1. The molecule has 27 nitrogen and oxygen atoms in total. The number of allylic oxidation sites excluding steroid dienone is 2. The number of anilines is 2. The van der Waals surface area contributed by atoms with E-state index in [9.17, 15) is 68.7 Å². The molecular formula is C61H73Cl2F3IN10NaO17S3. The number of carbonyl (C=O) groups excluding carboxylic acids is 6. The molecule has 3 atom stereocenters. The number of aromatic amines is 1. The minimum absolute atomic E-state index is 0. The molecule has 3 heterocycles. The van der Waals surface area contributed by atoms with Crippen molar-refractivity contribution in [2.45, 2.75) is 128 Å². The zero-order valence-electron chi connectivity index (χ0n) is 56.0. The summed E-state index contributed by atoms with van der Waals surface area (Å²) in [5.74, 6) is -1.38. The van der Waals surface area contributed by atoms with E-state index in [0.717, 1.165) is 36.5 Å². The number of aromatic nitrogens is 5. The van der Waals surface area contributed by atoms with Crippen molar-refractivity contribution >= 4 is 136 Å². The average molecular weight is 1590 g/mol. The number of sulfone groups is 1. The van der Waals surface area contributed by atoms with E-state index >= 15 is 0 Å². The van der Waals surface area contributed by atoms with Gasteiger partial charge in [0, 0.05) is 57.7 Å². The maximum Gasteiger partial charge on any atom is 1.00 e. The van der Waals surface area contributed by atoms with Crippen LogP contribution in [0.4, 0.5) is 29.6 Å². The van der Waals surface area contributed by atoms with Gasteiger partial charge in [-0.25, -0.2) is 41.2 Å². The Hall–Kier alpha value is -6.67. The Morgan fingerprint density at radius 2 is 1.56 bits per heavy atom. The van der Waals surface area contributed by atoms with Crippen molar-refractivity contribution in [3.05, 3.63) is 128 Å². The van der Waals surface area contributed by atoms with Crippen LogP contribution >= 0.6 is 57.6 Å².